The van der Waals surface area contributed by atoms with E-state index < -0.39 is 0 Å². The van der Waals surface area contributed by atoms with E-state index in [0.29, 0.717) is 6.61 Å². The van der Waals surface area contributed by atoms with Gasteiger partial charge < -0.3 is 14.2 Å². The molecule has 3 aliphatic rings. The van der Waals surface area contributed by atoms with Gasteiger partial charge in [0.15, 0.2) is 0 Å². The highest BCUT2D eigenvalue weighted by Gasteiger charge is 2.49. The van der Waals surface area contributed by atoms with Gasteiger partial charge in [-0.3, -0.25) is 0 Å². The van der Waals surface area contributed by atoms with E-state index >= 15 is 0 Å². The molecule has 2 heterocycles. The van der Waals surface area contributed by atoms with Gasteiger partial charge >= 0.3 is 0 Å². The van der Waals surface area contributed by atoms with Crippen molar-refractivity contribution in [3.8, 4) is 0 Å². The maximum atomic E-state index is 6.18. The van der Waals surface area contributed by atoms with Gasteiger partial charge in [0.2, 0.25) is 0 Å². The van der Waals surface area contributed by atoms with E-state index in [9.17, 15) is 0 Å². The first-order valence-corrected chi connectivity index (χ1v) is 6.08. The molecule has 86 valence electrons. The maximum absolute atomic E-state index is 6.18. The predicted molar refractivity (Wildman–Crippen MR) is 55.7 cm³/mol. The van der Waals surface area contributed by atoms with Crippen molar-refractivity contribution in [1.82, 2.24) is 0 Å². The summed E-state index contributed by atoms with van der Waals surface area (Å²) >= 11 is 0. The smallest absolute Gasteiger partial charge is 0.109 e. The Morgan fingerprint density at radius 1 is 1.20 bits per heavy atom. The number of hydrogen-bond donors (Lipinski definition) is 0. The predicted octanol–water partition coefficient (Wildman–Crippen LogP) is 1.61. The van der Waals surface area contributed by atoms with Crippen LogP contribution >= 0.6 is 0 Å². The van der Waals surface area contributed by atoms with Crippen molar-refractivity contribution in [2.75, 3.05) is 26.9 Å². The van der Waals surface area contributed by atoms with Crippen LogP contribution < -0.4 is 0 Å². The lowest BCUT2D eigenvalue weighted by molar-refractivity contribution is -0.194. The summed E-state index contributed by atoms with van der Waals surface area (Å²) in [7, 11) is 1.77. The summed E-state index contributed by atoms with van der Waals surface area (Å²) in [4.78, 5) is 0. The standard InChI is InChI=1S/C12H20O3/c1-13-11-8-14-5-4-12(11)3-2-9-6-10(9)7-15-12/h9-11H,2-8H2,1H3. The molecule has 3 fully saturated rings. The normalized spacial score (nSPS) is 49.8. The molecule has 4 atom stereocenters. The Labute approximate surface area is 91.1 Å². The highest BCUT2D eigenvalue weighted by atomic mass is 16.6. The maximum Gasteiger partial charge on any atom is 0.109 e. The van der Waals surface area contributed by atoms with Gasteiger partial charge in [0.1, 0.15) is 6.10 Å². The van der Waals surface area contributed by atoms with E-state index in [1.54, 1.807) is 7.11 Å². The molecule has 1 saturated carbocycles. The molecular weight excluding hydrogens is 192 g/mol. The fourth-order valence-corrected chi connectivity index (χ4v) is 3.12. The summed E-state index contributed by atoms with van der Waals surface area (Å²) in [5.41, 5.74) is -0.0274. The Morgan fingerprint density at radius 3 is 3.00 bits per heavy atom. The molecule has 3 rings (SSSR count). The van der Waals surface area contributed by atoms with Crippen LogP contribution in [0, 0.1) is 11.8 Å². The molecule has 2 aliphatic heterocycles. The Bertz CT molecular complexity index is 229. The van der Waals surface area contributed by atoms with Crippen molar-refractivity contribution < 1.29 is 14.2 Å². The quantitative estimate of drug-likeness (QED) is 0.661. The average Bonchev–Trinajstić information content (AvgIpc) is 3.03. The van der Waals surface area contributed by atoms with Gasteiger partial charge in [0.05, 0.1) is 18.8 Å². The molecule has 1 spiro atoms. The van der Waals surface area contributed by atoms with E-state index in [4.69, 9.17) is 14.2 Å². The second-order valence-electron chi connectivity index (χ2n) is 5.22. The van der Waals surface area contributed by atoms with Gasteiger partial charge in [-0.05, 0) is 31.1 Å². The third-order valence-electron chi connectivity index (χ3n) is 4.40. The van der Waals surface area contributed by atoms with Crippen molar-refractivity contribution >= 4 is 0 Å². The fourth-order valence-electron chi connectivity index (χ4n) is 3.12. The van der Waals surface area contributed by atoms with Gasteiger partial charge in [-0.15, -0.1) is 0 Å². The molecule has 0 aromatic rings. The number of methoxy groups -OCH3 is 1. The highest BCUT2D eigenvalue weighted by Crippen LogP contribution is 2.49. The summed E-state index contributed by atoms with van der Waals surface area (Å²) in [5.74, 6) is 1.80. The molecule has 4 unspecified atom stereocenters. The van der Waals surface area contributed by atoms with Crippen LogP contribution in [0.2, 0.25) is 0 Å². The Kier molecular flexibility index (Phi) is 2.49. The van der Waals surface area contributed by atoms with Crippen LogP contribution in [0.5, 0.6) is 0 Å². The third-order valence-corrected chi connectivity index (χ3v) is 4.40. The minimum absolute atomic E-state index is 0.0274. The van der Waals surface area contributed by atoms with Crippen molar-refractivity contribution in [3.63, 3.8) is 0 Å². The summed E-state index contributed by atoms with van der Waals surface area (Å²) in [6.07, 6.45) is 5.03. The Hall–Kier alpha value is -0.120. The molecule has 0 amide bonds. The van der Waals surface area contributed by atoms with Gasteiger partial charge in [-0.1, -0.05) is 0 Å². The molecule has 0 radical (unpaired) electrons. The van der Waals surface area contributed by atoms with E-state index in [0.717, 1.165) is 37.9 Å². The van der Waals surface area contributed by atoms with E-state index in [1.165, 1.54) is 12.8 Å². The van der Waals surface area contributed by atoms with Crippen LogP contribution in [-0.4, -0.2) is 38.6 Å². The topological polar surface area (TPSA) is 27.7 Å². The largest absolute Gasteiger partial charge is 0.379 e. The van der Waals surface area contributed by atoms with Crippen molar-refractivity contribution in [3.05, 3.63) is 0 Å². The number of hydrogen-bond acceptors (Lipinski definition) is 3. The van der Waals surface area contributed by atoms with E-state index in [-0.39, 0.29) is 11.7 Å². The molecule has 1 aliphatic carbocycles. The van der Waals surface area contributed by atoms with Gasteiger partial charge in [0.25, 0.3) is 0 Å². The number of rotatable bonds is 1. The second kappa shape index (κ2) is 3.72. The first-order valence-electron chi connectivity index (χ1n) is 6.08. The summed E-state index contributed by atoms with van der Waals surface area (Å²) in [6, 6.07) is 0. The lowest BCUT2D eigenvalue weighted by Crippen LogP contribution is -2.52. The molecule has 0 N–H and O–H groups in total. The van der Waals surface area contributed by atoms with Crippen molar-refractivity contribution in [1.29, 1.82) is 0 Å². The highest BCUT2D eigenvalue weighted by molar-refractivity contribution is 4.99. The Balaban J connectivity index is 1.74. The molecule has 3 heteroatoms. The molecule has 2 saturated heterocycles. The van der Waals surface area contributed by atoms with Gasteiger partial charge in [0, 0.05) is 20.1 Å². The minimum Gasteiger partial charge on any atom is -0.379 e. The fraction of sp³-hybridized carbons (Fsp3) is 1.00. The van der Waals surface area contributed by atoms with Crippen LogP contribution in [0.25, 0.3) is 0 Å². The summed E-state index contributed by atoms with van der Waals surface area (Å²) < 4.78 is 17.2. The average molecular weight is 212 g/mol. The zero-order chi connectivity index (χ0) is 10.3. The molecule has 0 aromatic heterocycles. The van der Waals surface area contributed by atoms with E-state index in [1.807, 2.05) is 0 Å². The van der Waals surface area contributed by atoms with E-state index in [2.05, 4.69) is 0 Å². The molecule has 15 heavy (non-hydrogen) atoms. The van der Waals surface area contributed by atoms with Gasteiger partial charge in [-0.2, -0.15) is 0 Å². The van der Waals surface area contributed by atoms with Crippen LogP contribution in [0.3, 0.4) is 0 Å². The zero-order valence-electron chi connectivity index (χ0n) is 9.41. The first kappa shape index (κ1) is 10.1. The number of ether oxygens (including phenoxy) is 3. The lowest BCUT2D eigenvalue weighted by Gasteiger charge is -2.42. The van der Waals surface area contributed by atoms with Gasteiger partial charge in [-0.25, -0.2) is 0 Å². The third kappa shape index (κ3) is 1.71. The lowest BCUT2D eigenvalue weighted by atomic mass is 9.86. The van der Waals surface area contributed by atoms with Crippen LogP contribution in [-0.2, 0) is 14.2 Å². The minimum atomic E-state index is -0.0274. The monoisotopic (exact) mass is 212 g/mol. The second-order valence-corrected chi connectivity index (χ2v) is 5.22. The van der Waals surface area contributed by atoms with Crippen LogP contribution in [0.4, 0.5) is 0 Å². The SMILES string of the molecule is COC1COCCC12CCC1CC1CO2. The molecular formula is C12H20O3. The van der Waals surface area contributed by atoms with Crippen LogP contribution in [0.1, 0.15) is 25.7 Å². The van der Waals surface area contributed by atoms with Crippen molar-refractivity contribution in [2.45, 2.75) is 37.4 Å². The Morgan fingerprint density at radius 2 is 2.13 bits per heavy atom. The zero-order valence-corrected chi connectivity index (χ0v) is 9.41. The molecule has 3 nitrogen and oxygen atoms in total. The molecule has 0 bridgehead atoms. The number of fused-ring (bicyclic) bond motifs is 1. The van der Waals surface area contributed by atoms with Crippen molar-refractivity contribution in [2.24, 2.45) is 11.8 Å². The van der Waals surface area contributed by atoms with Crippen LogP contribution in [0.15, 0.2) is 0 Å². The summed E-state index contributed by atoms with van der Waals surface area (Å²) in [6.45, 7) is 2.48. The first-order chi connectivity index (χ1) is 7.34. The summed E-state index contributed by atoms with van der Waals surface area (Å²) in [5, 5.41) is 0. The molecule has 0 aromatic carbocycles.